The lowest BCUT2D eigenvalue weighted by Crippen LogP contribution is -2.51. The van der Waals surface area contributed by atoms with Crippen molar-refractivity contribution in [2.45, 2.75) is 19.4 Å². The van der Waals surface area contributed by atoms with E-state index in [2.05, 4.69) is 0 Å². The van der Waals surface area contributed by atoms with E-state index in [4.69, 9.17) is 15.2 Å². The van der Waals surface area contributed by atoms with Gasteiger partial charge in [0.05, 0.1) is 6.61 Å². The molecular formula is C12H16FNO3. The van der Waals surface area contributed by atoms with E-state index in [9.17, 15) is 9.18 Å². The molecule has 1 aromatic carbocycles. The highest BCUT2D eigenvalue weighted by atomic mass is 19.1. The van der Waals surface area contributed by atoms with Gasteiger partial charge >= 0.3 is 5.97 Å². The van der Waals surface area contributed by atoms with Gasteiger partial charge < -0.3 is 15.2 Å². The normalized spacial score (nSPS) is 13.9. The molecule has 0 aliphatic heterocycles. The van der Waals surface area contributed by atoms with E-state index in [-0.39, 0.29) is 19.0 Å². The van der Waals surface area contributed by atoms with Crippen LogP contribution in [0.25, 0.3) is 0 Å². The summed E-state index contributed by atoms with van der Waals surface area (Å²) < 4.78 is 22.7. The second kappa shape index (κ2) is 5.63. The number of halogens is 1. The van der Waals surface area contributed by atoms with Crippen molar-refractivity contribution in [3.8, 4) is 5.75 Å². The standard InChI is InChI=1S/C12H16FNO3/c1-3-16-11(15)12(2,14)8-17-10-6-4-9(13)5-7-10/h4-7H,3,8,14H2,1-2H3. The Morgan fingerprint density at radius 3 is 2.53 bits per heavy atom. The van der Waals surface area contributed by atoms with Gasteiger partial charge in [0, 0.05) is 0 Å². The van der Waals surface area contributed by atoms with E-state index in [1.807, 2.05) is 0 Å². The SMILES string of the molecule is CCOC(=O)C(C)(N)COc1ccc(F)cc1. The maximum Gasteiger partial charge on any atom is 0.329 e. The number of rotatable bonds is 5. The average Bonchev–Trinajstić information content (AvgIpc) is 2.29. The highest BCUT2D eigenvalue weighted by Crippen LogP contribution is 2.13. The van der Waals surface area contributed by atoms with Crippen LogP contribution in [0.5, 0.6) is 5.75 Å². The maximum absolute atomic E-state index is 12.6. The van der Waals surface area contributed by atoms with Crippen LogP contribution < -0.4 is 10.5 Å². The molecule has 0 aliphatic carbocycles. The third-order valence-electron chi connectivity index (χ3n) is 2.09. The van der Waals surface area contributed by atoms with Crippen molar-refractivity contribution in [2.24, 2.45) is 5.73 Å². The van der Waals surface area contributed by atoms with Crippen LogP contribution in [0.4, 0.5) is 4.39 Å². The second-order valence-electron chi connectivity index (χ2n) is 3.88. The van der Waals surface area contributed by atoms with Gasteiger partial charge in [0.1, 0.15) is 23.7 Å². The van der Waals surface area contributed by atoms with Gasteiger partial charge in [0.25, 0.3) is 0 Å². The summed E-state index contributed by atoms with van der Waals surface area (Å²) in [6.07, 6.45) is 0. The first-order valence-corrected chi connectivity index (χ1v) is 5.30. The summed E-state index contributed by atoms with van der Waals surface area (Å²) in [5, 5.41) is 0. The molecule has 0 fully saturated rings. The lowest BCUT2D eigenvalue weighted by Gasteiger charge is -2.22. The van der Waals surface area contributed by atoms with Gasteiger partial charge in [-0.15, -0.1) is 0 Å². The van der Waals surface area contributed by atoms with Gasteiger partial charge in [0.2, 0.25) is 0 Å². The van der Waals surface area contributed by atoms with E-state index in [1.54, 1.807) is 6.92 Å². The molecule has 0 saturated carbocycles. The predicted molar refractivity (Wildman–Crippen MR) is 61.1 cm³/mol. The van der Waals surface area contributed by atoms with Crippen LogP contribution in [0.2, 0.25) is 0 Å². The lowest BCUT2D eigenvalue weighted by molar-refractivity contribution is -0.150. The Hall–Kier alpha value is -1.62. The van der Waals surface area contributed by atoms with Gasteiger partial charge in [-0.2, -0.15) is 0 Å². The van der Waals surface area contributed by atoms with Crippen LogP contribution >= 0.6 is 0 Å². The van der Waals surface area contributed by atoms with Gasteiger partial charge in [-0.1, -0.05) is 0 Å². The summed E-state index contributed by atoms with van der Waals surface area (Å²) in [5.74, 6) is -0.423. The topological polar surface area (TPSA) is 61.5 Å². The van der Waals surface area contributed by atoms with Gasteiger partial charge in [0.15, 0.2) is 0 Å². The zero-order chi connectivity index (χ0) is 12.9. The minimum absolute atomic E-state index is 0.0303. The highest BCUT2D eigenvalue weighted by molar-refractivity contribution is 5.80. The molecule has 94 valence electrons. The Morgan fingerprint density at radius 1 is 1.41 bits per heavy atom. The van der Waals surface area contributed by atoms with Crippen molar-refractivity contribution in [1.29, 1.82) is 0 Å². The quantitative estimate of drug-likeness (QED) is 0.793. The third-order valence-corrected chi connectivity index (χ3v) is 2.09. The molecule has 5 heteroatoms. The van der Waals surface area contributed by atoms with Gasteiger partial charge in [-0.25, -0.2) is 9.18 Å². The van der Waals surface area contributed by atoms with Crippen LogP contribution in [0.3, 0.4) is 0 Å². The molecule has 0 aliphatic rings. The van der Waals surface area contributed by atoms with E-state index in [1.165, 1.54) is 31.2 Å². The number of carbonyl (C=O) groups is 1. The Balaban J connectivity index is 2.54. The van der Waals surface area contributed by atoms with Crippen molar-refractivity contribution in [3.63, 3.8) is 0 Å². The number of nitrogens with two attached hydrogens (primary N) is 1. The van der Waals surface area contributed by atoms with Crippen molar-refractivity contribution in [1.82, 2.24) is 0 Å². The summed E-state index contributed by atoms with van der Waals surface area (Å²) in [4.78, 5) is 11.5. The summed E-state index contributed by atoms with van der Waals surface area (Å²) >= 11 is 0. The number of esters is 1. The van der Waals surface area contributed by atoms with Gasteiger partial charge in [-0.3, -0.25) is 0 Å². The minimum Gasteiger partial charge on any atom is -0.491 e. The molecule has 0 radical (unpaired) electrons. The lowest BCUT2D eigenvalue weighted by atomic mass is 10.1. The molecule has 1 unspecified atom stereocenters. The van der Waals surface area contributed by atoms with Crippen LogP contribution in [0.15, 0.2) is 24.3 Å². The molecule has 17 heavy (non-hydrogen) atoms. The summed E-state index contributed by atoms with van der Waals surface area (Å²) in [7, 11) is 0. The van der Waals surface area contributed by atoms with Crippen LogP contribution in [0, 0.1) is 5.82 Å². The van der Waals surface area contributed by atoms with E-state index in [0.29, 0.717) is 5.75 Å². The van der Waals surface area contributed by atoms with E-state index >= 15 is 0 Å². The number of hydrogen-bond acceptors (Lipinski definition) is 4. The molecule has 2 N–H and O–H groups in total. The summed E-state index contributed by atoms with van der Waals surface area (Å²) in [6.45, 7) is 3.46. The fourth-order valence-corrected chi connectivity index (χ4v) is 1.12. The average molecular weight is 241 g/mol. The van der Waals surface area contributed by atoms with Crippen LogP contribution in [0.1, 0.15) is 13.8 Å². The van der Waals surface area contributed by atoms with Crippen molar-refractivity contribution in [2.75, 3.05) is 13.2 Å². The van der Waals surface area contributed by atoms with E-state index in [0.717, 1.165) is 0 Å². The molecule has 1 aromatic rings. The number of carbonyl (C=O) groups excluding carboxylic acids is 1. The smallest absolute Gasteiger partial charge is 0.329 e. The Morgan fingerprint density at radius 2 is 2.00 bits per heavy atom. The fourth-order valence-electron chi connectivity index (χ4n) is 1.12. The van der Waals surface area contributed by atoms with Crippen molar-refractivity contribution in [3.05, 3.63) is 30.1 Å². The first kappa shape index (κ1) is 13.4. The van der Waals surface area contributed by atoms with Crippen LogP contribution in [-0.4, -0.2) is 24.7 Å². The molecular weight excluding hydrogens is 225 g/mol. The highest BCUT2D eigenvalue weighted by Gasteiger charge is 2.31. The minimum atomic E-state index is -1.22. The Labute approximate surface area is 99.5 Å². The molecule has 0 heterocycles. The van der Waals surface area contributed by atoms with Crippen LogP contribution in [-0.2, 0) is 9.53 Å². The molecule has 0 saturated heterocycles. The monoisotopic (exact) mass is 241 g/mol. The molecule has 0 aromatic heterocycles. The molecule has 0 bridgehead atoms. The summed E-state index contributed by atoms with van der Waals surface area (Å²) in [6, 6.07) is 5.48. The Kier molecular flexibility index (Phi) is 4.45. The first-order chi connectivity index (χ1) is 7.95. The maximum atomic E-state index is 12.6. The second-order valence-corrected chi connectivity index (χ2v) is 3.88. The number of benzene rings is 1. The zero-order valence-corrected chi connectivity index (χ0v) is 9.90. The fraction of sp³-hybridized carbons (Fsp3) is 0.417. The molecule has 1 rings (SSSR count). The molecule has 0 spiro atoms. The predicted octanol–water partition coefficient (Wildman–Crippen LogP) is 1.48. The summed E-state index contributed by atoms with van der Waals surface area (Å²) in [5.41, 5.74) is 4.53. The molecule has 1 atom stereocenters. The van der Waals surface area contributed by atoms with Crippen molar-refractivity contribution >= 4 is 5.97 Å². The number of hydrogen-bond donors (Lipinski definition) is 1. The first-order valence-electron chi connectivity index (χ1n) is 5.30. The Bertz CT molecular complexity index is 376. The largest absolute Gasteiger partial charge is 0.491 e. The third kappa shape index (κ3) is 4.03. The zero-order valence-electron chi connectivity index (χ0n) is 9.90. The van der Waals surface area contributed by atoms with E-state index < -0.39 is 11.5 Å². The number of ether oxygens (including phenoxy) is 2. The molecule has 0 amide bonds. The molecule has 4 nitrogen and oxygen atoms in total. The van der Waals surface area contributed by atoms with Crippen molar-refractivity contribution < 1.29 is 18.7 Å². The van der Waals surface area contributed by atoms with Gasteiger partial charge in [-0.05, 0) is 38.1 Å².